The first kappa shape index (κ1) is 14.5. The summed E-state index contributed by atoms with van der Waals surface area (Å²) in [5, 5.41) is 0.845. The molecule has 0 atom stereocenters. The molecule has 1 N–H and O–H groups in total. The lowest BCUT2D eigenvalue weighted by Crippen LogP contribution is -2.37. The van der Waals surface area contributed by atoms with E-state index in [0.29, 0.717) is 11.4 Å². The van der Waals surface area contributed by atoms with Crippen molar-refractivity contribution in [1.29, 1.82) is 0 Å². The maximum atomic E-state index is 12.6. The average molecular weight is 304 g/mol. The van der Waals surface area contributed by atoms with Crippen LogP contribution in [0.2, 0.25) is 0 Å². The third-order valence-corrected chi connectivity index (χ3v) is 5.77. The normalized spacial score (nSPS) is 23.3. The second kappa shape index (κ2) is 5.73. The smallest absolute Gasteiger partial charge is 0.242 e. The SMILES string of the molecule is CC1CCC(NS(=O)(=O)c2cccc3cccnc23)CC1. The van der Waals surface area contributed by atoms with Crippen LogP contribution in [0.15, 0.2) is 41.4 Å². The summed E-state index contributed by atoms with van der Waals surface area (Å²) in [6.07, 6.45) is 5.63. The Morgan fingerprint density at radius 1 is 1.10 bits per heavy atom. The average Bonchev–Trinajstić information content (AvgIpc) is 2.49. The Kier molecular flexibility index (Phi) is 3.95. The molecule has 1 aliphatic rings. The third-order valence-electron chi connectivity index (χ3n) is 4.22. The van der Waals surface area contributed by atoms with Gasteiger partial charge in [-0.25, -0.2) is 13.1 Å². The van der Waals surface area contributed by atoms with Crippen molar-refractivity contribution in [2.24, 2.45) is 5.92 Å². The summed E-state index contributed by atoms with van der Waals surface area (Å²) in [6, 6.07) is 9.01. The summed E-state index contributed by atoms with van der Waals surface area (Å²) in [6.45, 7) is 2.22. The third kappa shape index (κ3) is 3.09. The second-order valence-corrected chi connectivity index (χ2v) is 7.59. The van der Waals surface area contributed by atoms with Gasteiger partial charge < -0.3 is 0 Å². The maximum absolute atomic E-state index is 12.6. The second-order valence-electron chi connectivity index (χ2n) is 5.91. The molecule has 1 aromatic heterocycles. The highest BCUT2D eigenvalue weighted by atomic mass is 32.2. The number of pyridine rings is 1. The number of aromatic nitrogens is 1. The summed E-state index contributed by atoms with van der Waals surface area (Å²) >= 11 is 0. The van der Waals surface area contributed by atoms with Crippen LogP contribution in [-0.2, 0) is 10.0 Å². The molecular formula is C16H20N2O2S. The Hall–Kier alpha value is -1.46. The fourth-order valence-corrected chi connectivity index (χ4v) is 4.44. The van der Waals surface area contributed by atoms with Gasteiger partial charge in [0.1, 0.15) is 4.90 Å². The van der Waals surface area contributed by atoms with E-state index in [9.17, 15) is 8.42 Å². The molecule has 1 heterocycles. The lowest BCUT2D eigenvalue weighted by atomic mass is 9.88. The van der Waals surface area contributed by atoms with E-state index >= 15 is 0 Å². The van der Waals surface area contributed by atoms with Crippen LogP contribution in [0.1, 0.15) is 32.6 Å². The first-order valence-corrected chi connectivity index (χ1v) is 8.90. The summed E-state index contributed by atoms with van der Waals surface area (Å²) in [5.41, 5.74) is 0.539. The molecule has 0 saturated heterocycles. The fraction of sp³-hybridized carbons (Fsp3) is 0.438. The van der Waals surface area contributed by atoms with Gasteiger partial charge >= 0.3 is 0 Å². The molecule has 4 nitrogen and oxygen atoms in total. The first-order chi connectivity index (χ1) is 10.1. The molecule has 3 rings (SSSR count). The lowest BCUT2D eigenvalue weighted by molar-refractivity contribution is 0.332. The molecule has 1 aliphatic carbocycles. The monoisotopic (exact) mass is 304 g/mol. The van der Waals surface area contributed by atoms with Gasteiger partial charge in [0.15, 0.2) is 0 Å². The Labute approximate surface area is 125 Å². The molecule has 0 unspecified atom stereocenters. The lowest BCUT2D eigenvalue weighted by Gasteiger charge is -2.26. The molecule has 0 aliphatic heterocycles. The number of para-hydroxylation sites is 1. The molecule has 0 spiro atoms. The minimum Gasteiger partial charge on any atom is -0.255 e. The van der Waals surface area contributed by atoms with Gasteiger partial charge in [-0.2, -0.15) is 0 Å². The highest BCUT2D eigenvalue weighted by molar-refractivity contribution is 7.89. The van der Waals surface area contributed by atoms with Crippen molar-refractivity contribution in [2.75, 3.05) is 0 Å². The van der Waals surface area contributed by atoms with E-state index in [1.165, 1.54) is 0 Å². The number of sulfonamides is 1. The van der Waals surface area contributed by atoms with Crippen LogP contribution in [-0.4, -0.2) is 19.4 Å². The molecule has 1 aromatic carbocycles. The van der Waals surface area contributed by atoms with Crippen LogP contribution < -0.4 is 4.72 Å². The number of hydrogen-bond donors (Lipinski definition) is 1. The summed E-state index contributed by atoms with van der Waals surface area (Å²) in [4.78, 5) is 4.51. The summed E-state index contributed by atoms with van der Waals surface area (Å²) in [5.74, 6) is 0.699. The predicted octanol–water partition coefficient (Wildman–Crippen LogP) is 3.09. The number of fused-ring (bicyclic) bond motifs is 1. The number of nitrogens with zero attached hydrogens (tertiary/aromatic N) is 1. The predicted molar refractivity (Wildman–Crippen MR) is 83.5 cm³/mol. The molecule has 1 fully saturated rings. The van der Waals surface area contributed by atoms with Crippen molar-refractivity contribution >= 4 is 20.9 Å². The van der Waals surface area contributed by atoms with E-state index in [2.05, 4.69) is 16.6 Å². The van der Waals surface area contributed by atoms with Gasteiger partial charge in [-0.3, -0.25) is 4.98 Å². The molecule has 0 radical (unpaired) electrons. The quantitative estimate of drug-likeness (QED) is 0.948. The maximum Gasteiger partial charge on any atom is 0.242 e. The molecule has 5 heteroatoms. The highest BCUT2D eigenvalue weighted by Gasteiger charge is 2.25. The van der Waals surface area contributed by atoms with Gasteiger partial charge in [0.25, 0.3) is 0 Å². The number of benzene rings is 1. The number of rotatable bonds is 3. The zero-order valence-electron chi connectivity index (χ0n) is 12.1. The van der Waals surface area contributed by atoms with Gasteiger partial charge in [0.05, 0.1) is 5.52 Å². The standard InChI is InChI=1S/C16H20N2O2S/c1-12-7-9-14(10-8-12)18-21(19,20)15-6-2-4-13-5-3-11-17-16(13)15/h2-6,11-12,14,18H,7-10H2,1H3. The van der Waals surface area contributed by atoms with Crippen molar-refractivity contribution in [3.8, 4) is 0 Å². The van der Waals surface area contributed by atoms with Crippen LogP contribution in [0.3, 0.4) is 0 Å². The van der Waals surface area contributed by atoms with Gasteiger partial charge in [0.2, 0.25) is 10.0 Å². The number of nitrogens with one attached hydrogen (secondary N) is 1. The van der Waals surface area contributed by atoms with Gasteiger partial charge in [-0.1, -0.05) is 25.1 Å². The van der Waals surface area contributed by atoms with Gasteiger partial charge in [0, 0.05) is 17.6 Å². The van der Waals surface area contributed by atoms with Gasteiger partial charge in [-0.05, 0) is 43.7 Å². The van der Waals surface area contributed by atoms with Crippen LogP contribution >= 0.6 is 0 Å². The Bertz CT molecular complexity index is 730. The van der Waals surface area contributed by atoms with Crippen molar-refractivity contribution in [2.45, 2.75) is 43.5 Å². The van der Waals surface area contributed by atoms with Crippen LogP contribution in [0, 0.1) is 5.92 Å². The Balaban J connectivity index is 1.90. The van der Waals surface area contributed by atoms with E-state index in [0.717, 1.165) is 31.1 Å². The van der Waals surface area contributed by atoms with E-state index in [4.69, 9.17) is 0 Å². The topological polar surface area (TPSA) is 59.1 Å². The summed E-state index contributed by atoms with van der Waals surface area (Å²) < 4.78 is 28.1. The molecule has 21 heavy (non-hydrogen) atoms. The Morgan fingerprint density at radius 2 is 1.81 bits per heavy atom. The van der Waals surface area contributed by atoms with E-state index in [1.54, 1.807) is 18.3 Å². The molecular weight excluding hydrogens is 284 g/mol. The van der Waals surface area contributed by atoms with E-state index in [-0.39, 0.29) is 10.9 Å². The minimum atomic E-state index is -3.52. The molecule has 0 bridgehead atoms. The molecule has 2 aromatic rings. The van der Waals surface area contributed by atoms with Crippen molar-refractivity contribution in [3.63, 3.8) is 0 Å². The van der Waals surface area contributed by atoms with Crippen molar-refractivity contribution in [3.05, 3.63) is 36.5 Å². The zero-order chi connectivity index (χ0) is 14.9. The molecule has 1 saturated carbocycles. The van der Waals surface area contributed by atoms with Crippen molar-refractivity contribution in [1.82, 2.24) is 9.71 Å². The zero-order valence-corrected chi connectivity index (χ0v) is 12.9. The largest absolute Gasteiger partial charge is 0.255 e. The van der Waals surface area contributed by atoms with E-state index < -0.39 is 10.0 Å². The van der Waals surface area contributed by atoms with E-state index in [1.807, 2.05) is 18.2 Å². The van der Waals surface area contributed by atoms with Crippen LogP contribution in [0.25, 0.3) is 10.9 Å². The molecule has 0 amide bonds. The van der Waals surface area contributed by atoms with Crippen LogP contribution in [0.5, 0.6) is 0 Å². The first-order valence-electron chi connectivity index (χ1n) is 7.42. The number of hydrogen-bond acceptors (Lipinski definition) is 3. The van der Waals surface area contributed by atoms with Gasteiger partial charge in [-0.15, -0.1) is 0 Å². The fourth-order valence-electron chi connectivity index (χ4n) is 2.95. The molecule has 112 valence electrons. The van der Waals surface area contributed by atoms with Crippen molar-refractivity contribution < 1.29 is 8.42 Å². The minimum absolute atomic E-state index is 0.0465. The summed E-state index contributed by atoms with van der Waals surface area (Å²) in [7, 11) is -3.52. The Morgan fingerprint density at radius 3 is 2.57 bits per heavy atom. The highest BCUT2D eigenvalue weighted by Crippen LogP contribution is 2.26. The van der Waals surface area contributed by atoms with Crippen LogP contribution in [0.4, 0.5) is 0 Å².